The Bertz CT molecular complexity index is 2080. The number of fused-ring (bicyclic) bond motifs is 5. The second-order valence-corrected chi connectivity index (χ2v) is 11.9. The Morgan fingerprint density at radius 1 is 1.00 bits per heavy atom. The van der Waals surface area contributed by atoms with Gasteiger partial charge in [0.1, 0.15) is 17.1 Å². The lowest BCUT2D eigenvalue weighted by molar-refractivity contribution is -0.185. The van der Waals surface area contributed by atoms with Gasteiger partial charge in [-0.25, -0.2) is 4.79 Å². The van der Waals surface area contributed by atoms with Gasteiger partial charge in [0.25, 0.3) is 0 Å². The minimum Gasteiger partial charge on any atom is -0.496 e. The third-order valence-electron chi connectivity index (χ3n) is 7.65. The smallest absolute Gasteiger partial charge is 0.331 e. The Morgan fingerprint density at radius 3 is 2.41 bits per heavy atom. The number of carbonyl (C=O) groups excluding carboxylic acids is 2. The number of hydrogen-bond acceptors (Lipinski definition) is 7. The van der Waals surface area contributed by atoms with E-state index in [0.29, 0.717) is 43.3 Å². The second kappa shape index (κ2) is 11.2. The van der Waals surface area contributed by atoms with E-state index >= 15 is 0 Å². The molecule has 2 atom stereocenters. The van der Waals surface area contributed by atoms with Gasteiger partial charge in [-0.1, -0.05) is 53.5 Å². The molecule has 0 aliphatic carbocycles. The van der Waals surface area contributed by atoms with Crippen molar-refractivity contribution < 1.29 is 28.5 Å². The van der Waals surface area contributed by atoms with Gasteiger partial charge in [0.2, 0.25) is 5.43 Å². The number of hydrogen-bond donors (Lipinski definition) is 1. The highest BCUT2D eigenvalue weighted by Gasteiger charge is 2.50. The van der Waals surface area contributed by atoms with E-state index in [9.17, 15) is 14.4 Å². The molecule has 2 unspecified atom stereocenters. The predicted molar refractivity (Wildman–Crippen MR) is 171 cm³/mol. The van der Waals surface area contributed by atoms with Gasteiger partial charge < -0.3 is 23.9 Å². The van der Waals surface area contributed by atoms with Crippen LogP contribution in [-0.2, 0) is 19.1 Å². The lowest BCUT2D eigenvalue weighted by Gasteiger charge is -2.43. The third-order valence-corrected chi connectivity index (χ3v) is 8.21. The highest BCUT2D eigenvalue weighted by atomic mass is 35.5. The highest BCUT2D eigenvalue weighted by molar-refractivity contribution is 6.35. The number of aromatic amines is 1. The van der Waals surface area contributed by atoms with Gasteiger partial charge in [0.15, 0.2) is 12.2 Å². The Kier molecular flexibility index (Phi) is 7.51. The monoisotopic (exact) mass is 631 g/mol. The third kappa shape index (κ3) is 5.25. The van der Waals surface area contributed by atoms with Crippen LogP contribution >= 0.6 is 23.2 Å². The molecule has 2 heterocycles. The summed E-state index contributed by atoms with van der Waals surface area (Å²) < 4.78 is 23.8. The number of aromatic nitrogens is 1. The van der Waals surface area contributed by atoms with Crippen LogP contribution in [0.4, 0.5) is 0 Å². The number of H-pyrrole nitrogens is 1. The Balaban J connectivity index is 1.52. The lowest BCUT2D eigenvalue weighted by Crippen LogP contribution is -2.52. The maximum absolute atomic E-state index is 14.0. The van der Waals surface area contributed by atoms with Crippen molar-refractivity contribution in [2.75, 3.05) is 7.11 Å². The molecular weight excluding hydrogens is 605 g/mol. The average Bonchev–Trinajstić information content (AvgIpc) is 2.96. The molecule has 224 valence electrons. The number of ether oxygens (including phenoxy) is 4. The maximum Gasteiger partial charge on any atom is 0.331 e. The van der Waals surface area contributed by atoms with Gasteiger partial charge in [-0.3, -0.25) is 9.59 Å². The summed E-state index contributed by atoms with van der Waals surface area (Å²) in [6, 6.07) is 17.9. The van der Waals surface area contributed by atoms with E-state index in [1.807, 2.05) is 36.4 Å². The largest absolute Gasteiger partial charge is 0.496 e. The summed E-state index contributed by atoms with van der Waals surface area (Å²) in [7, 11) is 1.46. The molecule has 0 fully saturated rings. The zero-order valence-electron chi connectivity index (χ0n) is 24.2. The predicted octanol–water partition coefficient (Wildman–Crippen LogP) is 7.55. The summed E-state index contributed by atoms with van der Waals surface area (Å²) in [5.41, 5.74) is 0.384. The van der Waals surface area contributed by atoms with Gasteiger partial charge in [0.05, 0.1) is 29.1 Å². The number of halogens is 2. The molecule has 1 aliphatic heterocycles. The van der Waals surface area contributed by atoms with Crippen LogP contribution in [0.2, 0.25) is 10.0 Å². The van der Waals surface area contributed by atoms with Crippen molar-refractivity contribution in [3.8, 4) is 11.5 Å². The fourth-order valence-electron chi connectivity index (χ4n) is 5.65. The summed E-state index contributed by atoms with van der Waals surface area (Å²) >= 11 is 12.2. The van der Waals surface area contributed by atoms with Crippen molar-refractivity contribution in [2.45, 2.75) is 38.6 Å². The van der Waals surface area contributed by atoms with Crippen LogP contribution in [-0.4, -0.2) is 35.7 Å². The van der Waals surface area contributed by atoms with Crippen LogP contribution in [0.25, 0.3) is 38.7 Å². The molecule has 1 N–H and O–H groups in total. The standard InChI is InChI=1S/C34H27Cl2NO7/c1-17(38)42-32-29-26(44-34(2,3)33(32)43-27(39)12-10-18-9-11-21(35)15-23(18)36)16-25(41-4)28-30(29)37-24-14-20-8-6-5-7-19(20)13-22(24)31(28)40/h5-16,32-33H,1-4H3,(H,37,40)/b12-10+. The number of methoxy groups -OCH3 is 1. The molecule has 5 aromatic rings. The number of carbonyl (C=O) groups is 2. The molecule has 0 saturated carbocycles. The molecule has 0 bridgehead atoms. The number of esters is 2. The van der Waals surface area contributed by atoms with Crippen molar-refractivity contribution in [1.82, 2.24) is 4.98 Å². The van der Waals surface area contributed by atoms with Crippen LogP contribution in [0.15, 0.2) is 71.5 Å². The van der Waals surface area contributed by atoms with Crippen LogP contribution in [0.5, 0.6) is 11.5 Å². The molecule has 0 amide bonds. The van der Waals surface area contributed by atoms with E-state index in [4.69, 9.17) is 42.1 Å². The topological polar surface area (TPSA) is 104 Å². The zero-order valence-corrected chi connectivity index (χ0v) is 25.7. The van der Waals surface area contributed by atoms with Gasteiger partial charge in [0, 0.05) is 34.5 Å². The second-order valence-electron chi connectivity index (χ2n) is 11.0. The molecule has 0 spiro atoms. The molecule has 1 aromatic heterocycles. The summed E-state index contributed by atoms with van der Waals surface area (Å²) in [5, 5.41) is 3.37. The van der Waals surface area contributed by atoms with Gasteiger partial charge >= 0.3 is 11.9 Å². The van der Waals surface area contributed by atoms with Crippen LogP contribution < -0.4 is 14.9 Å². The summed E-state index contributed by atoms with van der Waals surface area (Å²) in [6.07, 6.45) is 0.479. The van der Waals surface area contributed by atoms with Crippen molar-refractivity contribution in [2.24, 2.45) is 0 Å². The fourth-order valence-corrected chi connectivity index (χ4v) is 6.13. The molecule has 0 saturated heterocycles. The first-order valence-corrected chi connectivity index (χ1v) is 14.5. The van der Waals surface area contributed by atoms with E-state index in [0.717, 1.165) is 10.8 Å². The molecule has 1 aliphatic rings. The van der Waals surface area contributed by atoms with Gasteiger partial charge in [-0.2, -0.15) is 0 Å². The first kappa shape index (κ1) is 29.5. The highest BCUT2D eigenvalue weighted by Crippen LogP contribution is 2.48. The number of rotatable bonds is 5. The van der Waals surface area contributed by atoms with E-state index in [2.05, 4.69) is 4.98 Å². The van der Waals surface area contributed by atoms with Gasteiger partial charge in [-0.05, 0) is 60.5 Å². The van der Waals surface area contributed by atoms with Crippen LogP contribution in [0.1, 0.15) is 38.0 Å². The first-order valence-electron chi connectivity index (χ1n) is 13.8. The fraction of sp³-hybridized carbons (Fsp3) is 0.206. The van der Waals surface area contributed by atoms with E-state index in [1.54, 1.807) is 38.1 Å². The van der Waals surface area contributed by atoms with Crippen molar-refractivity contribution in [3.63, 3.8) is 0 Å². The molecule has 0 radical (unpaired) electrons. The normalized spacial score (nSPS) is 17.4. The quantitative estimate of drug-likeness (QED) is 0.121. The Labute approximate surface area is 262 Å². The summed E-state index contributed by atoms with van der Waals surface area (Å²) in [5.74, 6) is -0.731. The molecule has 4 aromatic carbocycles. The summed E-state index contributed by atoms with van der Waals surface area (Å²) in [6.45, 7) is 4.70. The Morgan fingerprint density at radius 2 is 1.73 bits per heavy atom. The van der Waals surface area contributed by atoms with Crippen molar-refractivity contribution >= 4 is 73.8 Å². The number of pyridine rings is 1. The minimum atomic E-state index is -1.17. The van der Waals surface area contributed by atoms with E-state index in [-0.39, 0.29) is 16.6 Å². The zero-order chi connectivity index (χ0) is 31.3. The number of benzene rings is 4. The lowest BCUT2D eigenvalue weighted by atomic mass is 9.86. The van der Waals surface area contributed by atoms with Crippen LogP contribution in [0.3, 0.4) is 0 Å². The van der Waals surface area contributed by atoms with Gasteiger partial charge in [-0.15, -0.1) is 0 Å². The average molecular weight is 632 g/mol. The maximum atomic E-state index is 14.0. The molecular formula is C34H27Cl2NO7. The molecule has 44 heavy (non-hydrogen) atoms. The Hall–Kier alpha value is -4.53. The van der Waals surface area contributed by atoms with E-state index in [1.165, 1.54) is 26.2 Å². The number of nitrogens with one attached hydrogen (secondary N) is 1. The summed E-state index contributed by atoms with van der Waals surface area (Å²) in [4.78, 5) is 43.0. The van der Waals surface area contributed by atoms with Crippen molar-refractivity contribution in [3.05, 3.63) is 98.1 Å². The van der Waals surface area contributed by atoms with E-state index < -0.39 is 29.7 Å². The van der Waals surface area contributed by atoms with Crippen LogP contribution in [0, 0.1) is 0 Å². The molecule has 8 nitrogen and oxygen atoms in total. The molecule has 6 rings (SSSR count). The molecule has 10 heteroatoms. The van der Waals surface area contributed by atoms with Crippen molar-refractivity contribution in [1.29, 1.82) is 0 Å². The SMILES string of the molecule is COc1cc2c(c3[nH]c4cc5ccccc5cc4c(=O)c13)C(OC(C)=O)C(OC(=O)/C=C/c1ccc(Cl)cc1Cl)C(C)(C)O2. The first-order chi connectivity index (χ1) is 21.0. The minimum absolute atomic E-state index is 0.247.